The number of rotatable bonds is 2. The van der Waals surface area contributed by atoms with Crippen LogP contribution >= 0.6 is 0 Å². The van der Waals surface area contributed by atoms with Crippen molar-refractivity contribution in [2.75, 3.05) is 0 Å². The highest BCUT2D eigenvalue weighted by Crippen LogP contribution is 2.30. The lowest BCUT2D eigenvalue weighted by Crippen LogP contribution is -2.30. The average Bonchev–Trinajstić information content (AvgIpc) is 3.14. The number of hydrogen-bond donors (Lipinski definition) is 1. The Morgan fingerprint density at radius 2 is 2.43 bits per heavy atom. The molecule has 1 N–H and O–H groups in total. The van der Waals surface area contributed by atoms with Gasteiger partial charge in [-0.3, -0.25) is 4.79 Å². The molecule has 1 aliphatic rings. The van der Waals surface area contributed by atoms with Gasteiger partial charge in [-0.2, -0.15) is 5.10 Å². The third-order valence-electron chi connectivity index (χ3n) is 3.88. The Balaban J connectivity index is 1.62. The molecule has 3 heterocycles. The maximum atomic E-state index is 12.5. The molecule has 106 valence electrons. The van der Waals surface area contributed by atoms with E-state index in [2.05, 4.69) is 15.4 Å². The van der Waals surface area contributed by atoms with Crippen molar-refractivity contribution in [1.82, 2.24) is 19.9 Å². The summed E-state index contributed by atoms with van der Waals surface area (Å²) in [5.74, 6) is 0.826. The molecule has 4 rings (SSSR count). The highest BCUT2D eigenvalue weighted by atomic mass is 16.3. The van der Waals surface area contributed by atoms with Gasteiger partial charge in [-0.15, -0.1) is 0 Å². The first-order valence-corrected chi connectivity index (χ1v) is 6.98. The van der Waals surface area contributed by atoms with E-state index in [-0.39, 0.29) is 11.9 Å². The molecule has 0 aromatic carbocycles. The van der Waals surface area contributed by atoms with Gasteiger partial charge in [-0.25, -0.2) is 9.50 Å². The maximum Gasteiger partial charge on any atom is 0.257 e. The summed E-state index contributed by atoms with van der Waals surface area (Å²) in [6.45, 7) is 0. The summed E-state index contributed by atoms with van der Waals surface area (Å²) in [6, 6.07) is 3.72. The van der Waals surface area contributed by atoms with E-state index in [9.17, 15) is 4.79 Å². The van der Waals surface area contributed by atoms with Crippen LogP contribution in [0, 0.1) is 0 Å². The minimum Gasteiger partial charge on any atom is -0.469 e. The van der Waals surface area contributed by atoms with Crippen molar-refractivity contribution in [1.29, 1.82) is 0 Å². The van der Waals surface area contributed by atoms with Gasteiger partial charge in [-0.05, 0) is 25.0 Å². The number of aromatic nitrogens is 3. The number of hydrogen-bond acceptors (Lipinski definition) is 4. The molecule has 21 heavy (non-hydrogen) atoms. The van der Waals surface area contributed by atoms with Gasteiger partial charge in [0.2, 0.25) is 0 Å². The molecule has 0 aliphatic heterocycles. The lowest BCUT2D eigenvalue weighted by atomic mass is 9.93. The Morgan fingerprint density at radius 1 is 1.48 bits per heavy atom. The number of fused-ring (bicyclic) bond motifs is 2. The fourth-order valence-electron chi connectivity index (χ4n) is 2.86. The van der Waals surface area contributed by atoms with Crippen molar-refractivity contribution in [3.63, 3.8) is 0 Å². The fourth-order valence-corrected chi connectivity index (χ4v) is 2.86. The monoisotopic (exact) mass is 282 g/mol. The largest absolute Gasteiger partial charge is 0.469 e. The number of aryl methyl sites for hydroxylation is 1. The van der Waals surface area contributed by atoms with Crippen LogP contribution in [0.3, 0.4) is 0 Å². The molecule has 3 aromatic rings. The van der Waals surface area contributed by atoms with E-state index < -0.39 is 0 Å². The van der Waals surface area contributed by atoms with Crippen molar-refractivity contribution >= 4 is 11.6 Å². The van der Waals surface area contributed by atoms with Gasteiger partial charge in [0.15, 0.2) is 5.65 Å². The molecule has 6 heteroatoms. The molecule has 0 fully saturated rings. The summed E-state index contributed by atoms with van der Waals surface area (Å²) in [4.78, 5) is 16.7. The highest BCUT2D eigenvalue weighted by molar-refractivity contribution is 5.99. The Kier molecular flexibility index (Phi) is 2.73. The van der Waals surface area contributed by atoms with Gasteiger partial charge in [0.05, 0.1) is 18.5 Å². The summed E-state index contributed by atoms with van der Waals surface area (Å²) in [5, 5.41) is 7.21. The first-order chi connectivity index (χ1) is 10.3. The lowest BCUT2D eigenvalue weighted by molar-refractivity contribution is 0.0933. The minimum absolute atomic E-state index is 0.00124. The number of amides is 1. The van der Waals surface area contributed by atoms with E-state index in [0.29, 0.717) is 11.2 Å². The third-order valence-corrected chi connectivity index (χ3v) is 3.88. The molecular formula is C15H14N4O2. The lowest BCUT2D eigenvalue weighted by Gasteiger charge is -2.22. The Labute approximate surface area is 120 Å². The molecule has 0 saturated carbocycles. The summed E-state index contributed by atoms with van der Waals surface area (Å²) >= 11 is 0. The molecule has 3 aromatic heterocycles. The fraction of sp³-hybridized carbons (Fsp3) is 0.267. The van der Waals surface area contributed by atoms with E-state index in [0.717, 1.165) is 30.6 Å². The minimum atomic E-state index is -0.150. The zero-order valence-electron chi connectivity index (χ0n) is 11.3. The van der Waals surface area contributed by atoms with E-state index in [1.807, 2.05) is 6.07 Å². The van der Waals surface area contributed by atoms with E-state index in [1.165, 1.54) is 0 Å². The van der Waals surface area contributed by atoms with Crippen molar-refractivity contribution in [3.8, 4) is 0 Å². The van der Waals surface area contributed by atoms with Crippen molar-refractivity contribution in [2.24, 2.45) is 0 Å². The van der Waals surface area contributed by atoms with Gasteiger partial charge in [0, 0.05) is 24.4 Å². The standard InChI is InChI=1S/C15H14N4O2/c20-15(11-9-17-19-7-2-6-16-14(11)19)18-12-3-1-4-13-10(12)5-8-21-13/h2,5-9,12H,1,3-4H2,(H,18,20)/t12-/m1/s1. The van der Waals surface area contributed by atoms with Crippen LogP contribution in [-0.4, -0.2) is 20.5 Å². The normalized spacial score (nSPS) is 17.6. The second-order valence-electron chi connectivity index (χ2n) is 5.16. The van der Waals surface area contributed by atoms with Gasteiger partial charge < -0.3 is 9.73 Å². The zero-order valence-corrected chi connectivity index (χ0v) is 11.3. The first-order valence-electron chi connectivity index (χ1n) is 6.98. The van der Waals surface area contributed by atoms with E-state index in [1.54, 1.807) is 35.4 Å². The molecule has 0 radical (unpaired) electrons. The summed E-state index contributed by atoms with van der Waals surface area (Å²) in [5.41, 5.74) is 2.14. The smallest absolute Gasteiger partial charge is 0.257 e. The maximum absolute atomic E-state index is 12.5. The number of carbonyl (C=O) groups is 1. The predicted molar refractivity (Wildman–Crippen MR) is 74.8 cm³/mol. The van der Waals surface area contributed by atoms with Crippen molar-refractivity contribution in [3.05, 3.63) is 53.9 Å². The number of carbonyl (C=O) groups excluding carboxylic acids is 1. The van der Waals surface area contributed by atoms with Gasteiger partial charge >= 0.3 is 0 Å². The molecule has 0 saturated heterocycles. The zero-order chi connectivity index (χ0) is 14.2. The second kappa shape index (κ2) is 4.73. The van der Waals surface area contributed by atoms with Crippen molar-refractivity contribution < 1.29 is 9.21 Å². The Bertz CT molecular complexity index is 805. The van der Waals surface area contributed by atoms with Crippen LogP contribution in [0.25, 0.3) is 5.65 Å². The first kappa shape index (κ1) is 12.1. The van der Waals surface area contributed by atoms with Gasteiger partial charge in [0.25, 0.3) is 5.91 Å². The van der Waals surface area contributed by atoms with Gasteiger partial charge in [0.1, 0.15) is 11.3 Å². The molecule has 1 amide bonds. The van der Waals surface area contributed by atoms with Crippen LogP contribution in [0.1, 0.15) is 40.6 Å². The summed E-state index contributed by atoms with van der Waals surface area (Å²) < 4.78 is 7.04. The number of furan rings is 1. The van der Waals surface area contributed by atoms with Crippen LogP contribution in [0.4, 0.5) is 0 Å². The molecule has 1 atom stereocenters. The van der Waals surface area contributed by atoms with Crippen LogP contribution < -0.4 is 5.32 Å². The Morgan fingerprint density at radius 3 is 3.38 bits per heavy atom. The molecule has 0 bridgehead atoms. The third kappa shape index (κ3) is 1.99. The topological polar surface area (TPSA) is 72.4 Å². The molecule has 0 spiro atoms. The highest BCUT2D eigenvalue weighted by Gasteiger charge is 2.25. The predicted octanol–water partition coefficient (Wildman–Crippen LogP) is 2.13. The SMILES string of the molecule is O=C(N[C@@H]1CCCc2occc21)c1cnn2cccnc12. The van der Waals surface area contributed by atoms with Crippen LogP contribution in [0.15, 0.2) is 41.4 Å². The summed E-state index contributed by atoms with van der Waals surface area (Å²) in [6.07, 6.45) is 9.54. The van der Waals surface area contributed by atoms with E-state index >= 15 is 0 Å². The molecule has 0 unspecified atom stereocenters. The molecule has 1 aliphatic carbocycles. The Hall–Kier alpha value is -2.63. The van der Waals surface area contributed by atoms with Crippen molar-refractivity contribution in [2.45, 2.75) is 25.3 Å². The summed E-state index contributed by atoms with van der Waals surface area (Å²) in [7, 11) is 0. The van der Waals surface area contributed by atoms with Crippen LogP contribution in [-0.2, 0) is 6.42 Å². The van der Waals surface area contributed by atoms with Crippen LogP contribution in [0.2, 0.25) is 0 Å². The molecule has 6 nitrogen and oxygen atoms in total. The van der Waals surface area contributed by atoms with Gasteiger partial charge in [-0.1, -0.05) is 0 Å². The number of nitrogens with one attached hydrogen (secondary N) is 1. The van der Waals surface area contributed by atoms with Crippen LogP contribution in [0.5, 0.6) is 0 Å². The number of nitrogens with zero attached hydrogens (tertiary/aromatic N) is 3. The second-order valence-corrected chi connectivity index (χ2v) is 5.16. The molecular weight excluding hydrogens is 268 g/mol. The van der Waals surface area contributed by atoms with E-state index in [4.69, 9.17) is 4.42 Å². The average molecular weight is 282 g/mol. The quantitative estimate of drug-likeness (QED) is 0.781.